The molecule has 0 spiro atoms. The number of aliphatic hydroxyl groups excluding tert-OH is 2. The molecule has 3 rings (SSSR count). The Kier molecular flexibility index (Phi) is 5.35. The van der Waals surface area contributed by atoms with Crippen molar-refractivity contribution in [2.24, 2.45) is 0 Å². The van der Waals surface area contributed by atoms with Gasteiger partial charge in [0, 0.05) is 0 Å². The molecule has 2 aromatic rings. The molecule has 1 unspecified atom stereocenters. The molecule has 0 bridgehead atoms. The molecule has 2 aromatic heterocycles. The van der Waals surface area contributed by atoms with Gasteiger partial charge in [0.2, 0.25) is 0 Å². The van der Waals surface area contributed by atoms with Crippen LogP contribution in [0.15, 0.2) is 12.7 Å². The fourth-order valence-electron chi connectivity index (χ4n) is 2.48. The van der Waals surface area contributed by atoms with Gasteiger partial charge in [0.05, 0.1) is 12.9 Å². The third-order valence-corrected chi connectivity index (χ3v) is 5.76. The summed E-state index contributed by atoms with van der Waals surface area (Å²) in [7, 11) is -10.4. The number of imidazole rings is 1. The number of rotatable bonds is 6. The molecule has 0 aliphatic carbocycles. The van der Waals surface area contributed by atoms with Crippen molar-refractivity contribution < 1.29 is 47.6 Å². The van der Waals surface area contributed by atoms with E-state index >= 15 is 0 Å². The van der Waals surface area contributed by atoms with E-state index in [1.165, 1.54) is 10.9 Å². The molecule has 0 radical (unpaired) electrons. The van der Waals surface area contributed by atoms with Crippen LogP contribution in [-0.2, 0) is 22.7 Å². The normalized spacial score (nSPS) is 28.5. The molecule has 5 atom stereocenters. The van der Waals surface area contributed by atoms with Crippen LogP contribution in [0.5, 0.6) is 0 Å². The number of nitrogen functional groups attached to an aromatic ring is 1. The first-order chi connectivity index (χ1) is 12.5. The Morgan fingerprint density at radius 3 is 2.56 bits per heavy atom. The lowest BCUT2D eigenvalue weighted by molar-refractivity contribution is -0.0503. The second kappa shape index (κ2) is 7.14. The lowest BCUT2D eigenvalue weighted by atomic mass is 10.1. The number of phosphoric acid groups is 2. The van der Waals surface area contributed by atoms with Crippen molar-refractivity contribution in [3.63, 3.8) is 0 Å². The molecule has 3 heterocycles. The average Bonchev–Trinajstić information content (AvgIpc) is 3.07. The molecule has 17 heteroatoms. The van der Waals surface area contributed by atoms with E-state index in [2.05, 4.69) is 23.8 Å². The molecular formula is C10H15N5O10P2. The van der Waals surface area contributed by atoms with Crippen LogP contribution in [-0.4, -0.2) is 69.3 Å². The van der Waals surface area contributed by atoms with Gasteiger partial charge < -0.3 is 35.4 Å². The maximum absolute atomic E-state index is 11.5. The number of phosphoric ester groups is 1. The average molecular weight is 427 g/mol. The lowest BCUT2D eigenvalue weighted by Gasteiger charge is -2.17. The topological polar surface area (TPSA) is 233 Å². The first-order valence-electron chi connectivity index (χ1n) is 7.17. The molecular weight excluding hydrogens is 412 g/mol. The summed E-state index contributed by atoms with van der Waals surface area (Å²) in [6.07, 6.45) is -3.20. The van der Waals surface area contributed by atoms with Gasteiger partial charge in [-0.15, -0.1) is 0 Å². The highest BCUT2D eigenvalue weighted by atomic mass is 31.3. The van der Waals surface area contributed by atoms with E-state index in [1.54, 1.807) is 0 Å². The summed E-state index contributed by atoms with van der Waals surface area (Å²) in [5, 5.41) is 20.3. The lowest BCUT2D eigenvalue weighted by Crippen LogP contribution is -2.33. The third-order valence-electron chi connectivity index (χ3n) is 3.61. The van der Waals surface area contributed by atoms with E-state index in [0.29, 0.717) is 0 Å². The molecule has 0 saturated carbocycles. The van der Waals surface area contributed by atoms with Crippen molar-refractivity contribution in [2.45, 2.75) is 24.5 Å². The minimum Gasteiger partial charge on any atom is -0.387 e. The summed E-state index contributed by atoms with van der Waals surface area (Å²) in [6.45, 7) is -0.813. The van der Waals surface area contributed by atoms with Gasteiger partial charge in [-0.05, 0) is 0 Å². The Labute approximate surface area is 150 Å². The van der Waals surface area contributed by atoms with E-state index in [4.69, 9.17) is 20.3 Å². The van der Waals surface area contributed by atoms with Crippen molar-refractivity contribution in [3.05, 3.63) is 12.7 Å². The zero-order chi connectivity index (χ0) is 20.0. The van der Waals surface area contributed by atoms with Gasteiger partial charge in [0.1, 0.15) is 30.2 Å². The van der Waals surface area contributed by atoms with Crippen LogP contribution < -0.4 is 5.73 Å². The second-order valence-electron chi connectivity index (χ2n) is 5.47. The van der Waals surface area contributed by atoms with Gasteiger partial charge in [0.15, 0.2) is 17.7 Å². The maximum Gasteiger partial charge on any atom is 0.481 e. The molecule has 0 amide bonds. The first-order valence-corrected chi connectivity index (χ1v) is 10.2. The van der Waals surface area contributed by atoms with Gasteiger partial charge in [0.25, 0.3) is 0 Å². The number of nitrogens with zero attached hydrogens (tertiary/aromatic N) is 4. The minimum atomic E-state index is -5.29. The Balaban J connectivity index is 1.75. The largest absolute Gasteiger partial charge is 0.481 e. The van der Waals surface area contributed by atoms with Gasteiger partial charge in [-0.25, -0.2) is 24.1 Å². The summed E-state index contributed by atoms with van der Waals surface area (Å²) < 4.78 is 36.8. The zero-order valence-electron chi connectivity index (χ0n) is 13.2. The van der Waals surface area contributed by atoms with Crippen molar-refractivity contribution in [2.75, 3.05) is 12.3 Å². The predicted octanol–water partition coefficient (Wildman–Crippen LogP) is -1.75. The summed E-state index contributed by atoms with van der Waals surface area (Å²) in [4.78, 5) is 38.1. The van der Waals surface area contributed by atoms with Gasteiger partial charge in [-0.1, -0.05) is 0 Å². The standard InChI is InChI=1S/C10H15N5O10P2/c11-8-5-9(13-2-12-8)15(3-14-5)10-7(17)6(16)4(24-10)1-23-27(21,22)25-26(18,19)20/h2-4,6-7,10,16-17H,1H2,(H,21,22)(H2,11,12,13)(H2,18,19,20)/t4-,6-,7-,10+/m1/s1. The third kappa shape index (κ3) is 4.33. The quantitative estimate of drug-likeness (QED) is 0.281. The van der Waals surface area contributed by atoms with Crippen LogP contribution >= 0.6 is 15.6 Å². The van der Waals surface area contributed by atoms with Crippen LogP contribution in [0.25, 0.3) is 11.2 Å². The predicted molar refractivity (Wildman–Crippen MR) is 84.6 cm³/mol. The van der Waals surface area contributed by atoms with Crippen molar-refractivity contribution >= 4 is 32.6 Å². The highest BCUT2D eigenvalue weighted by Gasteiger charge is 2.46. The van der Waals surface area contributed by atoms with Crippen LogP contribution in [0, 0.1) is 0 Å². The molecule has 27 heavy (non-hydrogen) atoms. The van der Waals surface area contributed by atoms with E-state index in [-0.39, 0.29) is 17.0 Å². The van der Waals surface area contributed by atoms with E-state index < -0.39 is 46.8 Å². The van der Waals surface area contributed by atoms with Crippen molar-refractivity contribution in [1.29, 1.82) is 0 Å². The molecule has 1 aliphatic rings. The molecule has 150 valence electrons. The minimum absolute atomic E-state index is 0.0856. The summed E-state index contributed by atoms with van der Waals surface area (Å²) >= 11 is 0. The fourth-order valence-corrected chi connectivity index (χ4v) is 4.08. The van der Waals surface area contributed by atoms with Crippen LogP contribution in [0.4, 0.5) is 5.82 Å². The molecule has 0 aromatic carbocycles. The SMILES string of the molecule is Nc1ncnc2c1ncn2[C@H]1O[C@H](COP(=O)(O)OP(=O)(O)O)[C@@H](O)[C@H]1O. The summed E-state index contributed by atoms with van der Waals surface area (Å²) in [5.41, 5.74) is 6.11. The summed E-state index contributed by atoms with van der Waals surface area (Å²) in [6, 6.07) is 0. The number of nitrogens with two attached hydrogens (primary N) is 1. The smallest absolute Gasteiger partial charge is 0.387 e. The number of anilines is 1. The van der Waals surface area contributed by atoms with Gasteiger partial charge >= 0.3 is 15.6 Å². The highest BCUT2D eigenvalue weighted by Crippen LogP contribution is 2.57. The van der Waals surface area contributed by atoms with Gasteiger partial charge in [-0.2, -0.15) is 4.31 Å². The monoisotopic (exact) mass is 427 g/mol. The number of fused-ring (bicyclic) bond motifs is 1. The number of aromatic nitrogens is 4. The molecule has 15 nitrogen and oxygen atoms in total. The molecule has 1 saturated heterocycles. The fraction of sp³-hybridized carbons (Fsp3) is 0.500. The number of ether oxygens (including phenoxy) is 1. The Bertz CT molecular complexity index is 932. The second-order valence-corrected chi connectivity index (χ2v) is 8.30. The van der Waals surface area contributed by atoms with Crippen LogP contribution in [0.2, 0.25) is 0 Å². The Morgan fingerprint density at radius 1 is 1.19 bits per heavy atom. The van der Waals surface area contributed by atoms with Crippen molar-refractivity contribution in [3.8, 4) is 0 Å². The van der Waals surface area contributed by atoms with Crippen molar-refractivity contribution in [1.82, 2.24) is 19.5 Å². The van der Waals surface area contributed by atoms with Crippen LogP contribution in [0.3, 0.4) is 0 Å². The number of hydrogen-bond acceptors (Lipinski definition) is 11. The highest BCUT2D eigenvalue weighted by molar-refractivity contribution is 7.60. The maximum atomic E-state index is 11.5. The summed E-state index contributed by atoms with van der Waals surface area (Å²) in [5.74, 6) is 0.0856. The van der Waals surface area contributed by atoms with E-state index in [0.717, 1.165) is 6.33 Å². The Hall–Kier alpha value is -1.51. The zero-order valence-corrected chi connectivity index (χ0v) is 15.0. The van der Waals surface area contributed by atoms with Gasteiger partial charge in [-0.3, -0.25) is 9.09 Å². The van der Waals surface area contributed by atoms with E-state index in [1.807, 2.05) is 0 Å². The first kappa shape index (κ1) is 20.2. The van der Waals surface area contributed by atoms with Crippen LogP contribution in [0.1, 0.15) is 6.23 Å². The molecule has 1 fully saturated rings. The van der Waals surface area contributed by atoms with E-state index in [9.17, 15) is 24.2 Å². The Morgan fingerprint density at radius 2 is 1.89 bits per heavy atom. The number of aliphatic hydroxyl groups is 2. The number of hydrogen-bond donors (Lipinski definition) is 6. The molecule has 1 aliphatic heterocycles. The molecule has 7 N–H and O–H groups in total.